The molecule has 0 radical (unpaired) electrons. The minimum atomic E-state index is -0.417. The monoisotopic (exact) mass is 285 g/mol. The van der Waals surface area contributed by atoms with Crippen molar-refractivity contribution in [1.82, 2.24) is 10.2 Å². The first kappa shape index (κ1) is 17.4. The van der Waals surface area contributed by atoms with Gasteiger partial charge in [0.15, 0.2) is 0 Å². The van der Waals surface area contributed by atoms with Gasteiger partial charge in [-0.3, -0.25) is 9.69 Å². The highest BCUT2D eigenvalue weighted by molar-refractivity contribution is 5.81. The third-order valence-corrected chi connectivity index (χ3v) is 3.84. The first-order chi connectivity index (χ1) is 9.41. The number of nitrogens with two attached hydrogens (primary N) is 1. The van der Waals surface area contributed by atoms with Gasteiger partial charge >= 0.3 is 0 Å². The molecule has 2 atom stereocenters. The Morgan fingerprint density at radius 2 is 1.85 bits per heavy atom. The van der Waals surface area contributed by atoms with Gasteiger partial charge in [-0.1, -0.05) is 27.7 Å². The lowest BCUT2D eigenvalue weighted by Crippen LogP contribution is -2.52. The van der Waals surface area contributed by atoms with E-state index in [4.69, 9.17) is 10.5 Å². The number of rotatable bonds is 7. The second-order valence-electron chi connectivity index (χ2n) is 6.45. The van der Waals surface area contributed by atoms with Crippen LogP contribution in [0.1, 0.15) is 34.1 Å². The molecule has 1 fully saturated rings. The van der Waals surface area contributed by atoms with Gasteiger partial charge in [0.05, 0.1) is 19.3 Å². The van der Waals surface area contributed by atoms with Gasteiger partial charge in [0.2, 0.25) is 5.91 Å². The van der Waals surface area contributed by atoms with Crippen molar-refractivity contribution in [3.63, 3.8) is 0 Å². The van der Waals surface area contributed by atoms with Crippen LogP contribution in [-0.2, 0) is 9.53 Å². The zero-order valence-electron chi connectivity index (χ0n) is 13.4. The van der Waals surface area contributed by atoms with Crippen LogP contribution < -0.4 is 11.1 Å². The molecule has 118 valence electrons. The molecule has 0 spiro atoms. The van der Waals surface area contributed by atoms with Crippen molar-refractivity contribution in [3.05, 3.63) is 0 Å². The molecule has 1 amide bonds. The molecule has 3 N–H and O–H groups in total. The van der Waals surface area contributed by atoms with Gasteiger partial charge in [-0.15, -0.1) is 0 Å². The van der Waals surface area contributed by atoms with Crippen LogP contribution in [0, 0.1) is 11.8 Å². The van der Waals surface area contributed by atoms with Gasteiger partial charge in [-0.25, -0.2) is 0 Å². The van der Waals surface area contributed by atoms with Gasteiger partial charge in [-0.05, 0) is 18.3 Å². The van der Waals surface area contributed by atoms with E-state index in [1.54, 1.807) is 0 Å². The number of hydrogen-bond acceptors (Lipinski definition) is 4. The summed E-state index contributed by atoms with van der Waals surface area (Å²) < 4.78 is 5.40. The smallest absolute Gasteiger partial charge is 0.237 e. The molecular weight excluding hydrogens is 254 g/mol. The van der Waals surface area contributed by atoms with E-state index in [1.807, 2.05) is 13.8 Å². The summed E-state index contributed by atoms with van der Waals surface area (Å²) >= 11 is 0. The average Bonchev–Trinajstić information content (AvgIpc) is 2.42. The number of nitrogens with zero attached hydrogens (tertiary/aromatic N) is 1. The maximum atomic E-state index is 12.0. The van der Waals surface area contributed by atoms with Crippen LogP contribution in [0.3, 0.4) is 0 Å². The van der Waals surface area contributed by atoms with Crippen LogP contribution in [-0.4, -0.2) is 55.7 Å². The number of ether oxygens (including phenoxy) is 1. The molecule has 1 heterocycles. The number of carbonyl (C=O) groups is 1. The number of carbonyl (C=O) groups excluding carboxylic acids is 1. The summed E-state index contributed by atoms with van der Waals surface area (Å²) in [4.78, 5) is 14.4. The van der Waals surface area contributed by atoms with Gasteiger partial charge in [0.25, 0.3) is 0 Å². The molecule has 0 aromatic carbocycles. The van der Waals surface area contributed by atoms with Crippen LogP contribution in [0.15, 0.2) is 0 Å². The summed E-state index contributed by atoms with van der Waals surface area (Å²) in [6, 6.07) is -0.0402. The van der Waals surface area contributed by atoms with Crippen molar-refractivity contribution in [2.45, 2.75) is 46.2 Å². The molecule has 1 rings (SSSR count). The maximum Gasteiger partial charge on any atom is 0.237 e. The fourth-order valence-electron chi connectivity index (χ4n) is 2.49. The molecule has 1 aliphatic rings. The standard InChI is InChI=1S/C15H31N3O2/c1-11(2)9-13(18-5-7-20-8-6-18)10-17-15(19)14(16)12(3)4/h11-14H,5-10,16H2,1-4H3,(H,17,19)/t13?,14-/m1/s1. The van der Waals surface area contributed by atoms with E-state index in [1.165, 1.54) is 0 Å². The van der Waals surface area contributed by atoms with Crippen molar-refractivity contribution >= 4 is 5.91 Å². The molecule has 5 heteroatoms. The Morgan fingerprint density at radius 3 is 2.35 bits per heavy atom. The Balaban J connectivity index is 2.49. The molecule has 0 aliphatic carbocycles. The minimum absolute atomic E-state index is 0.0398. The molecule has 0 saturated carbocycles. The zero-order chi connectivity index (χ0) is 15.1. The quantitative estimate of drug-likeness (QED) is 0.727. The number of nitrogens with one attached hydrogen (secondary N) is 1. The molecule has 5 nitrogen and oxygen atoms in total. The summed E-state index contributed by atoms with van der Waals surface area (Å²) in [5.41, 5.74) is 5.88. The third-order valence-electron chi connectivity index (χ3n) is 3.84. The lowest BCUT2D eigenvalue weighted by Gasteiger charge is -2.35. The largest absolute Gasteiger partial charge is 0.379 e. The first-order valence-corrected chi connectivity index (χ1v) is 7.77. The predicted octanol–water partition coefficient (Wildman–Crippen LogP) is 0.833. The molecule has 0 aromatic rings. The van der Waals surface area contributed by atoms with E-state index in [0.29, 0.717) is 18.5 Å². The van der Waals surface area contributed by atoms with E-state index in [-0.39, 0.29) is 11.8 Å². The van der Waals surface area contributed by atoms with E-state index >= 15 is 0 Å². The molecular formula is C15H31N3O2. The highest BCUT2D eigenvalue weighted by atomic mass is 16.5. The first-order valence-electron chi connectivity index (χ1n) is 7.77. The van der Waals surface area contributed by atoms with Gasteiger partial charge in [-0.2, -0.15) is 0 Å². The van der Waals surface area contributed by atoms with Crippen molar-refractivity contribution < 1.29 is 9.53 Å². The Hall–Kier alpha value is -0.650. The normalized spacial score (nSPS) is 20.1. The van der Waals surface area contributed by atoms with Gasteiger partial charge in [0.1, 0.15) is 0 Å². The number of hydrogen-bond donors (Lipinski definition) is 2. The maximum absolute atomic E-state index is 12.0. The Bertz CT molecular complexity index is 289. The second-order valence-corrected chi connectivity index (χ2v) is 6.45. The van der Waals surface area contributed by atoms with E-state index in [0.717, 1.165) is 32.7 Å². The predicted molar refractivity (Wildman–Crippen MR) is 81.5 cm³/mol. The number of morpholine rings is 1. The van der Waals surface area contributed by atoms with Gasteiger partial charge in [0, 0.05) is 25.7 Å². The number of amides is 1. The Kier molecular flexibility index (Phi) is 7.48. The van der Waals surface area contributed by atoms with E-state index in [9.17, 15) is 4.79 Å². The van der Waals surface area contributed by atoms with Crippen molar-refractivity contribution in [3.8, 4) is 0 Å². The summed E-state index contributed by atoms with van der Waals surface area (Å²) in [5.74, 6) is 0.738. The topological polar surface area (TPSA) is 67.6 Å². The SMILES string of the molecule is CC(C)CC(CNC(=O)[C@H](N)C(C)C)N1CCOCC1. The molecule has 1 saturated heterocycles. The van der Waals surface area contributed by atoms with E-state index < -0.39 is 6.04 Å². The fourth-order valence-corrected chi connectivity index (χ4v) is 2.49. The molecule has 20 heavy (non-hydrogen) atoms. The summed E-state index contributed by atoms with van der Waals surface area (Å²) in [6.45, 7) is 12.5. The fraction of sp³-hybridized carbons (Fsp3) is 0.933. The zero-order valence-corrected chi connectivity index (χ0v) is 13.4. The third kappa shape index (κ3) is 5.77. The Morgan fingerprint density at radius 1 is 1.25 bits per heavy atom. The summed E-state index contributed by atoms with van der Waals surface area (Å²) in [6.07, 6.45) is 1.08. The summed E-state index contributed by atoms with van der Waals surface area (Å²) in [7, 11) is 0. The minimum Gasteiger partial charge on any atom is -0.379 e. The highest BCUT2D eigenvalue weighted by Gasteiger charge is 2.24. The highest BCUT2D eigenvalue weighted by Crippen LogP contribution is 2.13. The van der Waals surface area contributed by atoms with Crippen LogP contribution in [0.4, 0.5) is 0 Å². The Labute approximate surface area is 123 Å². The van der Waals surface area contributed by atoms with Gasteiger partial charge < -0.3 is 15.8 Å². The van der Waals surface area contributed by atoms with Crippen LogP contribution in [0.25, 0.3) is 0 Å². The molecule has 1 unspecified atom stereocenters. The lowest BCUT2D eigenvalue weighted by molar-refractivity contribution is -0.123. The average molecular weight is 285 g/mol. The molecule has 0 aromatic heterocycles. The van der Waals surface area contributed by atoms with Crippen LogP contribution in [0.2, 0.25) is 0 Å². The van der Waals surface area contributed by atoms with Crippen LogP contribution in [0.5, 0.6) is 0 Å². The van der Waals surface area contributed by atoms with E-state index in [2.05, 4.69) is 24.1 Å². The second kappa shape index (κ2) is 8.60. The lowest BCUT2D eigenvalue weighted by atomic mass is 10.0. The van der Waals surface area contributed by atoms with Crippen molar-refractivity contribution in [2.24, 2.45) is 17.6 Å². The van der Waals surface area contributed by atoms with Crippen molar-refractivity contribution in [1.29, 1.82) is 0 Å². The summed E-state index contributed by atoms with van der Waals surface area (Å²) in [5, 5.41) is 3.02. The van der Waals surface area contributed by atoms with Crippen LogP contribution >= 0.6 is 0 Å². The van der Waals surface area contributed by atoms with Crippen molar-refractivity contribution in [2.75, 3.05) is 32.8 Å². The molecule has 1 aliphatic heterocycles. The molecule has 0 bridgehead atoms.